The number of aromatic nitrogens is 1. The molecule has 0 aliphatic heterocycles. The molecular weight excluding hydrogens is 341 g/mol. The first-order chi connectivity index (χ1) is 11.9. The quantitative estimate of drug-likeness (QED) is 0.374. The molecule has 26 heavy (non-hydrogen) atoms. The summed E-state index contributed by atoms with van der Waals surface area (Å²) in [5.74, 6) is 0. The second-order valence-electron chi connectivity index (χ2n) is 5.85. The van der Waals surface area contributed by atoms with E-state index >= 15 is 0 Å². The Labute approximate surface area is 168 Å². The molecule has 0 saturated carbocycles. The Bertz CT molecular complexity index is 877. The van der Waals surface area contributed by atoms with Crippen LogP contribution in [0.2, 0.25) is 0 Å². The third kappa shape index (κ3) is 4.77. The van der Waals surface area contributed by atoms with Crippen LogP contribution in [0, 0.1) is 25.2 Å². The minimum Gasteiger partial charge on any atom is -0.879 e. The number of aryl methyl sites for hydroxylation is 2. The Balaban J connectivity index is 0.000000616. The van der Waals surface area contributed by atoms with Crippen LogP contribution in [0.1, 0.15) is 40.8 Å². The van der Waals surface area contributed by atoms with Gasteiger partial charge in [-0.05, 0) is 55.5 Å². The number of nitrogens with one attached hydrogen (secondary N) is 1. The molecule has 5 nitrogen and oxygen atoms in total. The van der Waals surface area contributed by atoms with Crippen molar-refractivity contribution in [2.75, 3.05) is 0 Å². The summed E-state index contributed by atoms with van der Waals surface area (Å²) in [4.78, 5) is 4.65. The van der Waals surface area contributed by atoms with E-state index in [0.29, 0.717) is 11.3 Å². The predicted molar refractivity (Wildman–Crippen MR) is 102 cm³/mol. The molecule has 0 radical (unpaired) electrons. The van der Waals surface area contributed by atoms with Crippen molar-refractivity contribution in [2.24, 2.45) is 0 Å². The van der Waals surface area contributed by atoms with Gasteiger partial charge in [0.2, 0.25) is 0 Å². The smallest absolute Gasteiger partial charge is 0.879 e. The summed E-state index contributed by atoms with van der Waals surface area (Å²) in [6, 6.07) is 3.95. The van der Waals surface area contributed by atoms with Crippen molar-refractivity contribution in [3.05, 3.63) is 58.3 Å². The molecule has 1 N–H and O–H groups in total. The number of hydrogen-bond donors (Lipinski definition) is 1. The maximum atomic E-state index is 9.24. The van der Waals surface area contributed by atoms with Gasteiger partial charge in [-0.25, -0.2) is 17.7 Å². The normalized spacial score (nSPS) is 13.5. The second-order valence-corrected chi connectivity index (χ2v) is 6.45. The van der Waals surface area contributed by atoms with Crippen molar-refractivity contribution in [1.82, 2.24) is 4.98 Å². The minimum atomic E-state index is -2.11. The fourth-order valence-corrected chi connectivity index (χ4v) is 3.24. The van der Waals surface area contributed by atoms with Gasteiger partial charge in [0.1, 0.15) is 0 Å². The molecule has 1 aromatic heterocycles. The predicted octanol–water partition coefficient (Wildman–Crippen LogP) is 0.537. The zero-order valence-electron chi connectivity index (χ0n) is 15.0. The summed E-state index contributed by atoms with van der Waals surface area (Å²) in [6.07, 6.45) is 9.04. The SMILES string of the molecule is [CH-]=C(C=[N-])c1nc2ccc(C)c(C=N)c2c2c1CCCC2.[CH2-]S(=O)[O-].[Li+]. The van der Waals surface area contributed by atoms with E-state index in [9.17, 15) is 5.41 Å². The average molecular weight is 360 g/mol. The minimum absolute atomic E-state index is 0. The maximum absolute atomic E-state index is 9.24. The second kappa shape index (κ2) is 9.93. The van der Waals surface area contributed by atoms with Crippen molar-refractivity contribution >= 4 is 40.0 Å². The monoisotopic (exact) mass is 360 g/mol. The van der Waals surface area contributed by atoms with Crippen LogP contribution in [0.15, 0.2) is 12.1 Å². The molecule has 0 spiro atoms. The fourth-order valence-electron chi connectivity index (χ4n) is 3.24. The zero-order valence-corrected chi connectivity index (χ0v) is 15.9. The van der Waals surface area contributed by atoms with Crippen LogP contribution >= 0.6 is 0 Å². The van der Waals surface area contributed by atoms with E-state index in [1.807, 2.05) is 19.1 Å². The number of nitrogens with zero attached hydrogens (tertiary/aromatic N) is 2. The zero-order chi connectivity index (χ0) is 18.6. The van der Waals surface area contributed by atoms with Gasteiger partial charge in [-0.1, -0.05) is 11.6 Å². The largest absolute Gasteiger partial charge is 1.00 e. The van der Waals surface area contributed by atoms with Gasteiger partial charge >= 0.3 is 18.9 Å². The third-order valence-electron chi connectivity index (χ3n) is 4.29. The third-order valence-corrected chi connectivity index (χ3v) is 4.29. The number of allylic oxidation sites excluding steroid dienone is 1. The molecule has 132 valence electrons. The van der Waals surface area contributed by atoms with Crippen LogP contribution in [0.4, 0.5) is 0 Å². The first kappa shape index (κ1) is 22.5. The van der Waals surface area contributed by atoms with Gasteiger partial charge in [-0.2, -0.15) is 5.57 Å². The van der Waals surface area contributed by atoms with Crippen LogP contribution in [0.5, 0.6) is 0 Å². The van der Waals surface area contributed by atoms with Crippen LogP contribution in [0.25, 0.3) is 21.9 Å². The van der Waals surface area contributed by atoms with Gasteiger partial charge in [-0.3, -0.25) is 6.26 Å². The van der Waals surface area contributed by atoms with E-state index in [0.717, 1.165) is 59.5 Å². The standard InChI is InChI=1S/C18H17N3.CH3O2S.Li/c1-11-7-8-16-17(15(11)10-20)13-5-3-4-6-14(13)18(21-16)12(2)9-19;1-4(2)3;/h2,7-10,20H,3-6H2,1H3;1H2,(H,2,3);/q-2;-1;+1/p-1. The number of pyridine rings is 1. The van der Waals surface area contributed by atoms with Gasteiger partial charge in [0.05, 0.1) is 5.52 Å². The Morgan fingerprint density at radius 1 is 1.38 bits per heavy atom. The van der Waals surface area contributed by atoms with E-state index in [2.05, 4.69) is 11.2 Å². The van der Waals surface area contributed by atoms with E-state index < -0.39 is 11.1 Å². The van der Waals surface area contributed by atoms with E-state index in [1.54, 1.807) is 0 Å². The summed E-state index contributed by atoms with van der Waals surface area (Å²) in [5, 5.41) is 18.1. The van der Waals surface area contributed by atoms with E-state index in [1.165, 1.54) is 11.8 Å². The van der Waals surface area contributed by atoms with E-state index in [-0.39, 0.29) is 18.9 Å². The van der Waals surface area contributed by atoms with Gasteiger partial charge in [0.25, 0.3) is 0 Å². The Hall–Kier alpha value is -1.58. The van der Waals surface area contributed by atoms with Crippen LogP contribution in [-0.2, 0) is 23.9 Å². The topological polar surface area (TPSA) is 99.2 Å². The molecule has 7 heteroatoms. The summed E-state index contributed by atoms with van der Waals surface area (Å²) < 4.78 is 17.8. The first-order valence-corrected chi connectivity index (χ1v) is 9.09. The molecule has 0 fully saturated rings. The van der Waals surface area contributed by atoms with Crippen LogP contribution < -0.4 is 18.9 Å². The molecule has 0 amide bonds. The summed E-state index contributed by atoms with van der Waals surface area (Å²) in [6.45, 7) is 7.93. The summed E-state index contributed by atoms with van der Waals surface area (Å²) in [5.41, 5.74) is 6.26. The van der Waals surface area contributed by atoms with E-state index in [4.69, 9.17) is 20.7 Å². The van der Waals surface area contributed by atoms with Gasteiger partial charge in [0, 0.05) is 17.2 Å². The summed E-state index contributed by atoms with van der Waals surface area (Å²) >= 11 is -2.11. The molecule has 0 saturated heterocycles. The Morgan fingerprint density at radius 3 is 2.50 bits per heavy atom. The molecule has 1 unspecified atom stereocenters. The molecule has 0 bridgehead atoms. The Kier molecular flexibility index (Phi) is 8.58. The number of hydrogen-bond acceptors (Lipinski definition) is 4. The van der Waals surface area contributed by atoms with Crippen molar-refractivity contribution in [3.63, 3.8) is 0 Å². The summed E-state index contributed by atoms with van der Waals surface area (Å²) in [7, 11) is 0. The molecule has 1 atom stereocenters. The van der Waals surface area contributed by atoms with Crippen LogP contribution in [0.3, 0.4) is 0 Å². The molecule has 1 aliphatic rings. The van der Waals surface area contributed by atoms with Crippen molar-refractivity contribution < 1.29 is 27.6 Å². The molecule has 2 aromatic rings. The van der Waals surface area contributed by atoms with Crippen molar-refractivity contribution in [3.8, 4) is 0 Å². The molecular formula is C19H19LiN3O2S-3. The molecule has 3 rings (SSSR count). The number of benzene rings is 1. The molecule has 1 aliphatic carbocycles. The molecule has 1 aromatic carbocycles. The van der Waals surface area contributed by atoms with Crippen LogP contribution in [-0.4, -0.2) is 26.2 Å². The van der Waals surface area contributed by atoms with Crippen molar-refractivity contribution in [2.45, 2.75) is 32.6 Å². The average Bonchev–Trinajstić information content (AvgIpc) is 2.60. The first-order valence-electron chi connectivity index (χ1n) is 7.85. The van der Waals surface area contributed by atoms with Gasteiger partial charge < -0.3 is 30.8 Å². The Morgan fingerprint density at radius 2 is 1.96 bits per heavy atom. The van der Waals surface area contributed by atoms with Gasteiger partial charge in [0.15, 0.2) is 0 Å². The van der Waals surface area contributed by atoms with Crippen molar-refractivity contribution in [1.29, 1.82) is 5.41 Å². The fraction of sp³-hybridized carbons (Fsp3) is 0.263. The maximum Gasteiger partial charge on any atom is 1.00 e. The molecule has 1 heterocycles. The number of rotatable bonds is 3. The number of fused-ring (bicyclic) bond motifs is 3. The van der Waals surface area contributed by atoms with Gasteiger partial charge in [-0.15, -0.1) is 0 Å².